The van der Waals surface area contributed by atoms with Gasteiger partial charge in [0.05, 0.1) is 7.11 Å². The molecule has 19 heavy (non-hydrogen) atoms. The zero-order chi connectivity index (χ0) is 13.9. The van der Waals surface area contributed by atoms with Crippen molar-refractivity contribution in [3.05, 3.63) is 29.3 Å². The van der Waals surface area contributed by atoms with Crippen molar-refractivity contribution >= 4 is 0 Å². The SMILES string of the molecule is COc1ccc(C(C)(C)C)cc1CNC1CCNC1. The van der Waals surface area contributed by atoms with Crippen LogP contribution in [-0.4, -0.2) is 26.2 Å². The van der Waals surface area contributed by atoms with Gasteiger partial charge in [0.2, 0.25) is 0 Å². The zero-order valence-corrected chi connectivity index (χ0v) is 12.5. The van der Waals surface area contributed by atoms with Crippen molar-refractivity contribution in [2.24, 2.45) is 0 Å². The van der Waals surface area contributed by atoms with E-state index in [2.05, 4.69) is 49.6 Å². The molecule has 0 aromatic heterocycles. The van der Waals surface area contributed by atoms with Gasteiger partial charge in [-0.05, 0) is 30.0 Å². The van der Waals surface area contributed by atoms with Gasteiger partial charge in [-0.1, -0.05) is 32.9 Å². The van der Waals surface area contributed by atoms with Crippen molar-refractivity contribution in [1.29, 1.82) is 0 Å². The fraction of sp³-hybridized carbons (Fsp3) is 0.625. The Hall–Kier alpha value is -1.06. The van der Waals surface area contributed by atoms with Crippen molar-refractivity contribution < 1.29 is 4.74 Å². The van der Waals surface area contributed by atoms with E-state index in [0.29, 0.717) is 6.04 Å². The van der Waals surface area contributed by atoms with Crippen LogP contribution in [0.3, 0.4) is 0 Å². The maximum absolute atomic E-state index is 5.47. The van der Waals surface area contributed by atoms with Crippen LogP contribution in [0.2, 0.25) is 0 Å². The van der Waals surface area contributed by atoms with Gasteiger partial charge in [0.25, 0.3) is 0 Å². The molecule has 2 N–H and O–H groups in total. The molecule has 0 bridgehead atoms. The predicted octanol–water partition coefficient (Wildman–Crippen LogP) is 2.44. The van der Waals surface area contributed by atoms with Crippen molar-refractivity contribution in [2.75, 3.05) is 20.2 Å². The Morgan fingerprint density at radius 1 is 1.37 bits per heavy atom. The summed E-state index contributed by atoms with van der Waals surface area (Å²) in [6, 6.07) is 7.11. The number of methoxy groups -OCH3 is 1. The third-order valence-corrected chi connectivity index (χ3v) is 3.79. The highest BCUT2D eigenvalue weighted by Crippen LogP contribution is 2.28. The Bertz CT molecular complexity index is 417. The zero-order valence-electron chi connectivity index (χ0n) is 12.5. The summed E-state index contributed by atoms with van der Waals surface area (Å²) in [4.78, 5) is 0. The predicted molar refractivity (Wildman–Crippen MR) is 79.8 cm³/mol. The van der Waals surface area contributed by atoms with Crippen LogP contribution in [0.25, 0.3) is 0 Å². The second kappa shape index (κ2) is 5.93. The first-order chi connectivity index (χ1) is 9.00. The number of hydrogen-bond acceptors (Lipinski definition) is 3. The molecule has 1 atom stereocenters. The second-order valence-electron chi connectivity index (χ2n) is 6.35. The normalized spacial score (nSPS) is 19.7. The van der Waals surface area contributed by atoms with Gasteiger partial charge in [-0.25, -0.2) is 0 Å². The van der Waals surface area contributed by atoms with Gasteiger partial charge in [0, 0.05) is 24.7 Å². The van der Waals surface area contributed by atoms with Gasteiger partial charge in [-0.15, -0.1) is 0 Å². The van der Waals surface area contributed by atoms with Gasteiger partial charge in [0.15, 0.2) is 0 Å². The molecule has 0 radical (unpaired) electrons. The molecule has 1 aromatic carbocycles. The third-order valence-electron chi connectivity index (χ3n) is 3.79. The standard InChI is InChI=1S/C16H26N2O/c1-16(2,3)13-5-6-15(19-4)12(9-13)10-18-14-7-8-17-11-14/h5-6,9,14,17-18H,7-8,10-11H2,1-4H3. The lowest BCUT2D eigenvalue weighted by Gasteiger charge is -2.22. The fourth-order valence-electron chi connectivity index (χ4n) is 2.47. The first-order valence-electron chi connectivity index (χ1n) is 7.12. The van der Waals surface area contributed by atoms with Crippen LogP contribution in [0.5, 0.6) is 5.75 Å². The summed E-state index contributed by atoms with van der Waals surface area (Å²) in [6.07, 6.45) is 1.21. The van der Waals surface area contributed by atoms with Crippen LogP contribution in [-0.2, 0) is 12.0 Å². The summed E-state index contributed by atoms with van der Waals surface area (Å²) >= 11 is 0. The molecule has 1 aliphatic rings. The lowest BCUT2D eigenvalue weighted by atomic mass is 9.86. The molecule has 0 aliphatic carbocycles. The number of rotatable bonds is 4. The molecule has 0 saturated carbocycles. The third kappa shape index (κ3) is 3.71. The number of ether oxygens (including phenoxy) is 1. The maximum atomic E-state index is 5.47. The molecule has 1 saturated heterocycles. The minimum absolute atomic E-state index is 0.177. The van der Waals surface area contributed by atoms with Gasteiger partial charge < -0.3 is 15.4 Å². The number of benzene rings is 1. The highest BCUT2D eigenvalue weighted by molar-refractivity contribution is 5.39. The van der Waals surface area contributed by atoms with E-state index in [1.54, 1.807) is 7.11 Å². The lowest BCUT2D eigenvalue weighted by Crippen LogP contribution is -2.30. The molecule has 1 aromatic rings. The van der Waals surface area contributed by atoms with Crippen LogP contribution in [0.15, 0.2) is 18.2 Å². The Labute approximate surface area is 116 Å². The molecule has 0 amide bonds. The van der Waals surface area contributed by atoms with Gasteiger partial charge in [-0.2, -0.15) is 0 Å². The van der Waals surface area contributed by atoms with E-state index in [9.17, 15) is 0 Å². The van der Waals surface area contributed by atoms with Gasteiger partial charge in [-0.3, -0.25) is 0 Å². The summed E-state index contributed by atoms with van der Waals surface area (Å²) in [5, 5.41) is 6.99. The summed E-state index contributed by atoms with van der Waals surface area (Å²) in [5.41, 5.74) is 2.78. The molecule has 2 rings (SSSR count). The molecule has 0 spiro atoms. The van der Waals surface area contributed by atoms with Gasteiger partial charge >= 0.3 is 0 Å². The molecule has 1 fully saturated rings. The summed E-state index contributed by atoms with van der Waals surface area (Å²) < 4.78 is 5.47. The molecule has 1 aliphatic heterocycles. The van der Waals surface area contributed by atoms with E-state index in [1.165, 1.54) is 17.5 Å². The smallest absolute Gasteiger partial charge is 0.123 e. The Kier molecular flexibility index (Phi) is 4.48. The topological polar surface area (TPSA) is 33.3 Å². The first-order valence-corrected chi connectivity index (χ1v) is 7.12. The van der Waals surface area contributed by atoms with Crippen LogP contribution < -0.4 is 15.4 Å². The Balaban J connectivity index is 2.11. The van der Waals surface area contributed by atoms with E-state index in [4.69, 9.17) is 4.74 Å². The van der Waals surface area contributed by atoms with Crippen molar-refractivity contribution in [3.63, 3.8) is 0 Å². The molecular weight excluding hydrogens is 236 g/mol. The number of nitrogens with one attached hydrogen (secondary N) is 2. The van der Waals surface area contributed by atoms with Crippen molar-refractivity contribution in [3.8, 4) is 5.75 Å². The average molecular weight is 262 g/mol. The molecule has 3 heteroatoms. The van der Waals surface area contributed by atoms with Crippen molar-refractivity contribution in [1.82, 2.24) is 10.6 Å². The number of hydrogen-bond donors (Lipinski definition) is 2. The Morgan fingerprint density at radius 3 is 2.74 bits per heavy atom. The molecule has 3 nitrogen and oxygen atoms in total. The van der Waals surface area contributed by atoms with E-state index >= 15 is 0 Å². The summed E-state index contributed by atoms with van der Waals surface area (Å²) in [6.45, 7) is 9.80. The van der Waals surface area contributed by atoms with E-state index in [-0.39, 0.29) is 5.41 Å². The molecule has 1 heterocycles. The monoisotopic (exact) mass is 262 g/mol. The highest BCUT2D eigenvalue weighted by Gasteiger charge is 2.17. The summed E-state index contributed by atoms with van der Waals surface area (Å²) in [7, 11) is 1.74. The fourth-order valence-corrected chi connectivity index (χ4v) is 2.47. The second-order valence-corrected chi connectivity index (χ2v) is 6.35. The van der Waals surface area contributed by atoms with Gasteiger partial charge in [0.1, 0.15) is 5.75 Å². The minimum atomic E-state index is 0.177. The van der Waals surface area contributed by atoms with E-state index in [0.717, 1.165) is 25.4 Å². The quantitative estimate of drug-likeness (QED) is 0.874. The largest absolute Gasteiger partial charge is 0.496 e. The summed E-state index contributed by atoms with van der Waals surface area (Å²) in [5.74, 6) is 0.978. The van der Waals surface area contributed by atoms with Crippen molar-refractivity contribution in [2.45, 2.75) is 45.2 Å². The maximum Gasteiger partial charge on any atom is 0.123 e. The van der Waals surface area contributed by atoms with Crippen LogP contribution in [0, 0.1) is 0 Å². The molecular formula is C16H26N2O. The average Bonchev–Trinajstić information content (AvgIpc) is 2.88. The highest BCUT2D eigenvalue weighted by atomic mass is 16.5. The molecule has 1 unspecified atom stereocenters. The lowest BCUT2D eigenvalue weighted by molar-refractivity contribution is 0.405. The van der Waals surface area contributed by atoms with Crippen LogP contribution in [0.4, 0.5) is 0 Å². The van der Waals surface area contributed by atoms with Crippen LogP contribution >= 0.6 is 0 Å². The first kappa shape index (κ1) is 14.4. The van der Waals surface area contributed by atoms with E-state index in [1.807, 2.05) is 0 Å². The minimum Gasteiger partial charge on any atom is -0.496 e. The van der Waals surface area contributed by atoms with Crippen LogP contribution in [0.1, 0.15) is 38.3 Å². The van der Waals surface area contributed by atoms with E-state index < -0.39 is 0 Å². The Morgan fingerprint density at radius 2 is 2.16 bits per heavy atom. The molecule has 106 valence electrons.